The Morgan fingerprint density at radius 2 is 1.68 bits per heavy atom. The maximum atomic E-state index is 13.6. The van der Waals surface area contributed by atoms with Gasteiger partial charge < -0.3 is 10.2 Å². The fraction of sp³-hybridized carbons (Fsp3) is 0.333. The van der Waals surface area contributed by atoms with E-state index >= 15 is 0 Å². The van der Waals surface area contributed by atoms with E-state index in [1.54, 1.807) is 4.90 Å². The van der Waals surface area contributed by atoms with E-state index in [4.69, 9.17) is 0 Å². The first kappa shape index (κ1) is 21.2. The van der Waals surface area contributed by atoms with E-state index in [0.717, 1.165) is 48.5 Å². The molecule has 0 spiro atoms. The zero-order valence-electron chi connectivity index (χ0n) is 17.3. The van der Waals surface area contributed by atoms with Gasteiger partial charge in [-0.1, -0.05) is 79.9 Å². The maximum absolute atomic E-state index is 13.6. The monoisotopic (exact) mass is 434 g/mol. The summed E-state index contributed by atoms with van der Waals surface area (Å²) in [5.41, 5.74) is 1.99. The number of benzene rings is 2. The third-order valence-corrected chi connectivity index (χ3v) is 6.14. The normalized spacial score (nSPS) is 15.2. The summed E-state index contributed by atoms with van der Waals surface area (Å²) in [7, 11) is 0. The predicted molar refractivity (Wildman–Crippen MR) is 120 cm³/mol. The van der Waals surface area contributed by atoms with Gasteiger partial charge in [-0.25, -0.2) is 0 Å². The average Bonchev–Trinajstić information content (AvgIpc) is 3.35. The predicted octanol–water partition coefficient (Wildman–Crippen LogP) is 4.37. The molecular weight excluding hydrogens is 408 g/mol. The second-order valence-corrected chi connectivity index (χ2v) is 8.42. The summed E-state index contributed by atoms with van der Waals surface area (Å²) in [4.78, 5) is 28.7. The largest absolute Gasteiger partial charge is 0.351 e. The van der Waals surface area contributed by atoms with Gasteiger partial charge in [0.2, 0.25) is 5.91 Å². The van der Waals surface area contributed by atoms with Crippen LogP contribution in [0.5, 0.6) is 0 Å². The lowest BCUT2D eigenvalue weighted by molar-refractivity contribution is -0.127. The first-order chi connectivity index (χ1) is 15.2. The van der Waals surface area contributed by atoms with Crippen LogP contribution in [0.15, 0.2) is 66.9 Å². The number of aromatic nitrogens is 2. The van der Waals surface area contributed by atoms with Gasteiger partial charge in [0.1, 0.15) is 6.04 Å². The molecule has 6 nitrogen and oxygen atoms in total. The lowest BCUT2D eigenvalue weighted by Crippen LogP contribution is -2.47. The molecular formula is C24H26N4O2S. The quantitative estimate of drug-likeness (QED) is 0.599. The summed E-state index contributed by atoms with van der Waals surface area (Å²) in [6.45, 7) is 0.300. The van der Waals surface area contributed by atoms with Crippen LogP contribution in [0.1, 0.15) is 59.8 Å². The molecule has 1 atom stereocenters. The van der Waals surface area contributed by atoms with Crippen LogP contribution in [0.4, 0.5) is 0 Å². The number of carbonyl (C=O) groups excluding carboxylic acids is 2. The fourth-order valence-electron chi connectivity index (χ4n) is 4.10. The van der Waals surface area contributed by atoms with Gasteiger partial charge in [0.05, 0.1) is 17.9 Å². The van der Waals surface area contributed by atoms with Crippen LogP contribution < -0.4 is 5.32 Å². The van der Waals surface area contributed by atoms with Crippen LogP contribution >= 0.6 is 11.7 Å². The van der Waals surface area contributed by atoms with Gasteiger partial charge >= 0.3 is 0 Å². The number of carbonyl (C=O) groups is 2. The second-order valence-electron chi connectivity index (χ2n) is 7.87. The highest BCUT2D eigenvalue weighted by Crippen LogP contribution is 2.27. The van der Waals surface area contributed by atoms with Crippen molar-refractivity contribution in [2.24, 2.45) is 0 Å². The van der Waals surface area contributed by atoms with E-state index < -0.39 is 6.04 Å². The number of hydrogen-bond acceptors (Lipinski definition) is 5. The highest BCUT2D eigenvalue weighted by molar-refractivity contribution is 6.99. The van der Waals surface area contributed by atoms with Gasteiger partial charge in [-0.3, -0.25) is 9.59 Å². The summed E-state index contributed by atoms with van der Waals surface area (Å²) < 4.78 is 8.12. The molecule has 3 aromatic rings. The number of nitrogens with zero attached hydrogens (tertiary/aromatic N) is 3. The molecule has 0 unspecified atom stereocenters. The molecule has 0 bridgehead atoms. The van der Waals surface area contributed by atoms with Crippen LogP contribution in [-0.2, 0) is 11.3 Å². The zero-order valence-corrected chi connectivity index (χ0v) is 18.1. The maximum Gasteiger partial charge on any atom is 0.276 e. The van der Waals surface area contributed by atoms with Crippen LogP contribution in [-0.4, -0.2) is 31.5 Å². The van der Waals surface area contributed by atoms with E-state index in [-0.39, 0.29) is 23.6 Å². The van der Waals surface area contributed by atoms with Gasteiger partial charge in [0.25, 0.3) is 5.91 Å². The molecule has 1 aliphatic carbocycles. The molecule has 0 aliphatic heterocycles. The van der Waals surface area contributed by atoms with E-state index in [9.17, 15) is 9.59 Å². The Hall–Kier alpha value is -3.06. The first-order valence-corrected chi connectivity index (χ1v) is 11.4. The summed E-state index contributed by atoms with van der Waals surface area (Å²) >= 11 is 0.988. The SMILES string of the molecule is O=C(NC1CCCCC1)[C@H](c1ccccc1)N(Cc1ccccc1)C(=O)c1cnsn1. The topological polar surface area (TPSA) is 75.2 Å². The van der Waals surface area contributed by atoms with Gasteiger partial charge in [-0.2, -0.15) is 8.75 Å². The van der Waals surface area contributed by atoms with Crippen LogP contribution in [0.2, 0.25) is 0 Å². The standard InChI is InChI=1S/C24H26N4O2S/c29-23(26-20-14-8-3-9-15-20)22(19-12-6-2-7-13-19)28(17-18-10-4-1-5-11-18)24(30)21-16-25-31-27-21/h1-2,4-7,10-13,16,20,22H,3,8-9,14-15,17H2,(H,26,29)/t22-/m0/s1. The van der Waals surface area contributed by atoms with Crippen LogP contribution in [0, 0.1) is 0 Å². The summed E-state index contributed by atoms with van der Waals surface area (Å²) in [5.74, 6) is -0.448. The first-order valence-electron chi connectivity index (χ1n) is 10.7. The van der Waals surface area contributed by atoms with Crippen molar-refractivity contribution in [2.75, 3.05) is 0 Å². The van der Waals surface area contributed by atoms with Crippen molar-refractivity contribution in [1.82, 2.24) is 19.0 Å². The Bertz CT molecular complexity index is 973. The van der Waals surface area contributed by atoms with E-state index in [0.29, 0.717) is 6.54 Å². The van der Waals surface area contributed by atoms with Gasteiger partial charge in [-0.05, 0) is 24.0 Å². The van der Waals surface area contributed by atoms with Gasteiger partial charge in [0, 0.05) is 12.6 Å². The lowest BCUT2D eigenvalue weighted by Gasteiger charge is -2.33. The third-order valence-electron chi connectivity index (χ3n) is 5.66. The molecule has 31 heavy (non-hydrogen) atoms. The molecule has 7 heteroatoms. The summed E-state index contributed by atoms with van der Waals surface area (Å²) in [5, 5.41) is 3.22. The Kier molecular flexibility index (Phi) is 7.04. The molecule has 1 saturated carbocycles. The minimum absolute atomic E-state index is 0.148. The summed E-state index contributed by atoms with van der Waals surface area (Å²) in [6, 6.07) is 18.6. The van der Waals surface area contributed by atoms with E-state index in [1.165, 1.54) is 12.6 Å². The fourth-order valence-corrected chi connectivity index (χ4v) is 4.51. The molecule has 0 saturated heterocycles. The molecule has 160 valence electrons. The van der Waals surface area contributed by atoms with Gasteiger partial charge in [0.15, 0.2) is 5.69 Å². The summed E-state index contributed by atoms with van der Waals surface area (Å²) in [6.07, 6.45) is 6.89. The van der Waals surface area contributed by atoms with E-state index in [2.05, 4.69) is 14.1 Å². The van der Waals surface area contributed by atoms with Crippen molar-refractivity contribution in [3.05, 3.63) is 83.7 Å². The number of amides is 2. The van der Waals surface area contributed by atoms with Crippen LogP contribution in [0.25, 0.3) is 0 Å². The molecule has 0 radical (unpaired) electrons. The molecule has 2 aromatic carbocycles. The Morgan fingerprint density at radius 1 is 1.00 bits per heavy atom. The Morgan fingerprint density at radius 3 is 2.32 bits per heavy atom. The number of hydrogen-bond donors (Lipinski definition) is 1. The third kappa shape index (κ3) is 5.35. The number of nitrogens with one attached hydrogen (secondary N) is 1. The molecule has 1 aromatic heterocycles. The van der Waals surface area contributed by atoms with Crippen molar-refractivity contribution in [3.8, 4) is 0 Å². The van der Waals surface area contributed by atoms with E-state index in [1.807, 2.05) is 60.7 Å². The minimum atomic E-state index is -0.752. The molecule has 1 fully saturated rings. The minimum Gasteiger partial charge on any atom is -0.351 e. The van der Waals surface area contributed by atoms with Crippen molar-refractivity contribution < 1.29 is 9.59 Å². The molecule has 1 aliphatic rings. The molecule has 2 amide bonds. The van der Waals surface area contributed by atoms with Crippen molar-refractivity contribution in [1.29, 1.82) is 0 Å². The van der Waals surface area contributed by atoms with Crippen molar-refractivity contribution in [2.45, 2.75) is 50.7 Å². The lowest BCUT2D eigenvalue weighted by atomic mass is 9.94. The molecule has 4 rings (SSSR count). The molecule has 1 heterocycles. The Balaban J connectivity index is 1.69. The van der Waals surface area contributed by atoms with Crippen molar-refractivity contribution in [3.63, 3.8) is 0 Å². The van der Waals surface area contributed by atoms with Crippen LogP contribution in [0.3, 0.4) is 0 Å². The highest BCUT2D eigenvalue weighted by Gasteiger charge is 2.34. The molecule has 1 N–H and O–H groups in total. The highest BCUT2D eigenvalue weighted by atomic mass is 32.1. The van der Waals surface area contributed by atoms with Crippen molar-refractivity contribution >= 4 is 23.5 Å². The zero-order chi connectivity index (χ0) is 21.5. The number of rotatable bonds is 7. The Labute approximate surface area is 186 Å². The second kappa shape index (κ2) is 10.3. The smallest absolute Gasteiger partial charge is 0.276 e. The average molecular weight is 435 g/mol. The van der Waals surface area contributed by atoms with Gasteiger partial charge in [-0.15, -0.1) is 0 Å².